The molecule has 0 radical (unpaired) electrons. The van der Waals surface area contributed by atoms with Crippen molar-refractivity contribution in [1.29, 1.82) is 0 Å². The van der Waals surface area contributed by atoms with E-state index in [9.17, 15) is 4.79 Å². The lowest BCUT2D eigenvalue weighted by atomic mass is 10.1. The van der Waals surface area contributed by atoms with Crippen molar-refractivity contribution in [2.24, 2.45) is 0 Å². The number of nitrogens with zero attached hydrogens (tertiary/aromatic N) is 1. The number of carboxylic acids is 1. The summed E-state index contributed by atoms with van der Waals surface area (Å²) in [6, 6.07) is 10.1. The molecule has 0 atom stereocenters. The molecule has 1 N–H and O–H groups in total. The van der Waals surface area contributed by atoms with Gasteiger partial charge in [0.1, 0.15) is 0 Å². The zero-order chi connectivity index (χ0) is 13.9. The molecule has 1 aromatic heterocycles. The Morgan fingerprint density at radius 1 is 1.25 bits per heavy atom. The highest BCUT2D eigenvalue weighted by molar-refractivity contribution is 7.07. The number of hydrogen-bond acceptors (Lipinski definition) is 3. The number of benzene rings is 1. The van der Waals surface area contributed by atoms with Crippen LogP contribution >= 0.6 is 11.3 Å². The molecule has 1 aliphatic carbocycles. The summed E-state index contributed by atoms with van der Waals surface area (Å²) in [6.45, 7) is 1.77. The van der Waals surface area contributed by atoms with Gasteiger partial charge in [-0.2, -0.15) is 11.3 Å². The predicted octanol–water partition coefficient (Wildman–Crippen LogP) is 3.61. The quantitative estimate of drug-likeness (QED) is 0.882. The van der Waals surface area contributed by atoms with Gasteiger partial charge >= 0.3 is 5.97 Å². The zero-order valence-corrected chi connectivity index (χ0v) is 12.0. The van der Waals surface area contributed by atoms with E-state index in [1.165, 1.54) is 18.4 Å². The van der Waals surface area contributed by atoms with Gasteiger partial charge in [0.25, 0.3) is 0 Å². The van der Waals surface area contributed by atoms with E-state index in [0.717, 1.165) is 18.7 Å². The third kappa shape index (κ3) is 3.26. The summed E-state index contributed by atoms with van der Waals surface area (Å²) < 4.78 is 0. The van der Waals surface area contributed by atoms with E-state index in [-0.39, 0.29) is 0 Å². The smallest absolute Gasteiger partial charge is 0.335 e. The summed E-state index contributed by atoms with van der Waals surface area (Å²) in [6.07, 6.45) is 2.51. The number of aromatic carboxylic acids is 1. The van der Waals surface area contributed by atoms with E-state index in [2.05, 4.69) is 21.7 Å². The molecule has 2 aromatic rings. The molecule has 0 bridgehead atoms. The van der Waals surface area contributed by atoms with Crippen LogP contribution in [-0.2, 0) is 13.1 Å². The largest absolute Gasteiger partial charge is 0.478 e. The second kappa shape index (κ2) is 5.77. The van der Waals surface area contributed by atoms with Crippen LogP contribution in [0.4, 0.5) is 0 Å². The third-order valence-corrected chi connectivity index (χ3v) is 4.32. The fourth-order valence-corrected chi connectivity index (χ4v) is 3.07. The van der Waals surface area contributed by atoms with E-state index in [4.69, 9.17) is 5.11 Å². The monoisotopic (exact) mass is 287 g/mol. The Morgan fingerprint density at radius 2 is 2.05 bits per heavy atom. The van der Waals surface area contributed by atoms with Gasteiger partial charge in [-0.1, -0.05) is 12.1 Å². The summed E-state index contributed by atoms with van der Waals surface area (Å²) in [7, 11) is 0. The Balaban J connectivity index is 1.73. The highest BCUT2D eigenvalue weighted by Crippen LogP contribution is 2.30. The Kier molecular flexibility index (Phi) is 3.85. The number of thiophene rings is 1. The van der Waals surface area contributed by atoms with Gasteiger partial charge in [0.15, 0.2) is 0 Å². The Bertz CT molecular complexity index is 590. The first kappa shape index (κ1) is 13.3. The minimum atomic E-state index is -0.859. The van der Waals surface area contributed by atoms with Crippen molar-refractivity contribution in [2.45, 2.75) is 32.0 Å². The lowest BCUT2D eigenvalue weighted by molar-refractivity contribution is 0.0696. The molecular formula is C16H17NO2S. The first-order valence-electron chi connectivity index (χ1n) is 6.80. The average Bonchev–Trinajstić information content (AvgIpc) is 3.17. The van der Waals surface area contributed by atoms with E-state index in [1.54, 1.807) is 23.5 Å². The average molecular weight is 287 g/mol. The maximum Gasteiger partial charge on any atom is 0.335 e. The zero-order valence-electron chi connectivity index (χ0n) is 11.2. The van der Waals surface area contributed by atoms with Gasteiger partial charge in [-0.3, -0.25) is 4.90 Å². The van der Waals surface area contributed by atoms with Crippen molar-refractivity contribution in [2.75, 3.05) is 0 Å². The molecule has 1 saturated carbocycles. The molecule has 4 heteroatoms. The van der Waals surface area contributed by atoms with Crippen LogP contribution in [-0.4, -0.2) is 22.0 Å². The fourth-order valence-electron chi connectivity index (χ4n) is 2.41. The molecule has 1 fully saturated rings. The van der Waals surface area contributed by atoms with Gasteiger partial charge in [0.05, 0.1) is 5.56 Å². The molecule has 0 spiro atoms. The van der Waals surface area contributed by atoms with Crippen LogP contribution < -0.4 is 0 Å². The van der Waals surface area contributed by atoms with Crippen LogP contribution in [0.3, 0.4) is 0 Å². The Labute approximate surface area is 122 Å². The third-order valence-electron chi connectivity index (χ3n) is 3.59. The lowest BCUT2D eigenvalue weighted by Crippen LogP contribution is -2.24. The first-order valence-corrected chi connectivity index (χ1v) is 7.74. The van der Waals surface area contributed by atoms with E-state index < -0.39 is 5.97 Å². The van der Waals surface area contributed by atoms with E-state index >= 15 is 0 Å². The van der Waals surface area contributed by atoms with Gasteiger partial charge in [0, 0.05) is 19.1 Å². The highest BCUT2D eigenvalue weighted by Gasteiger charge is 2.29. The topological polar surface area (TPSA) is 40.5 Å². The molecule has 0 amide bonds. The van der Waals surface area contributed by atoms with Gasteiger partial charge < -0.3 is 5.11 Å². The summed E-state index contributed by atoms with van der Waals surface area (Å²) in [4.78, 5) is 13.5. The Morgan fingerprint density at radius 3 is 2.70 bits per heavy atom. The van der Waals surface area contributed by atoms with Gasteiger partial charge in [-0.15, -0.1) is 0 Å². The van der Waals surface area contributed by atoms with E-state index in [0.29, 0.717) is 11.6 Å². The lowest BCUT2D eigenvalue weighted by Gasteiger charge is -2.21. The van der Waals surface area contributed by atoms with Crippen molar-refractivity contribution in [3.8, 4) is 0 Å². The number of rotatable bonds is 6. The minimum absolute atomic E-state index is 0.369. The standard InChI is InChI=1S/C16H17NO2S/c18-16(19)14-3-1-2-12(8-14)9-17(15-4-5-15)10-13-6-7-20-11-13/h1-3,6-8,11,15H,4-5,9-10H2,(H,18,19). The molecular weight excluding hydrogens is 270 g/mol. The molecule has 0 saturated heterocycles. The normalized spacial score (nSPS) is 14.7. The number of hydrogen-bond donors (Lipinski definition) is 1. The summed E-state index contributed by atoms with van der Waals surface area (Å²) in [5.41, 5.74) is 2.79. The molecule has 1 aliphatic rings. The first-order chi connectivity index (χ1) is 9.72. The second-order valence-corrected chi connectivity index (χ2v) is 6.05. The van der Waals surface area contributed by atoms with Crippen molar-refractivity contribution in [3.05, 3.63) is 57.8 Å². The minimum Gasteiger partial charge on any atom is -0.478 e. The van der Waals surface area contributed by atoms with Crippen LogP contribution in [0, 0.1) is 0 Å². The maximum absolute atomic E-state index is 11.0. The van der Waals surface area contributed by atoms with Crippen LogP contribution in [0.5, 0.6) is 0 Å². The molecule has 20 heavy (non-hydrogen) atoms. The van der Waals surface area contributed by atoms with Gasteiger partial charge in [-0.25, -0.2) is 4.79 Å². The summed E-state index contributed by atoms with van der Waals surface area (Å²) >= 11 is 1.72. The van der Waals surface area contributed by atoms with Gasteiger partial charge in [-0.05, 0) is 52.9 Å². The molecule has 0 aliphatic heterocycles. The van der Waals surface area contributed by atoms with Crippen molar-refractivity contribution < 1.29 is 9.90 Å². The molecule has 104 valence electrons. The van der Waals surface area contributed by atoms with Crippen LogP contribution in [0.15, 0.2) is 41.1 Å². The Hall–Kier alpha value is -1.65. The molecule has 3 nitrogen and oxygen atoms in total. The SMILES string of the molecule is O=C(O)c1cccc(CN(Cc2ccsc2)C2CC2)c1. The highest BCUT2D eigenvalue weighted by atomic mass is 32.1. The summed E-state index contributed by atoms with van der Waals surface area (Å²) in [5, 5.41) is 13.3. The van der Waals surface area contributed by atoms with Crippen molar-refractivity contribution in [3.63, 3.8) is 0 Å². The molecule has 0 unspecified atom stereocenters. The van der Waals surface area contributed by atoms with Crippen LogP contribution in [0.25, 0.3) is 0 Å². The van der Waals surface area contributed by atoms with Crippen molar-refractivity contribution in [1.82, 2.24) is 4.90 Å². The molecule has 1 heterocycles. The number of carboxylic acid groups (broad SMARTS) is 1. The van der Waals surface area contributed by atoms with Crippen LogP contribution in [0.1, 0.15) is 34.3 Å². The summed E-state index contributed by atoms with van der Waals surface area (Å²) in [5.74, 6) is -0.859. The van der Waals surface area contributed by atoms with Crippen molar-refractivity contribution >= 4 is 17.3 Å². The van der Waals surface area contributed by atoms with Gasteiger partial charge in [0.2, 0.25) is 0 Å². The fraction of sp³-hybridized carbons (Fsp3) is 0.312. The maximum atomic E-state index is 11.0. The predicted molar refractivity (Wildman–Crippen MR) is 80.0 cm³/mol. The van der Waals surface area contributed by atoms with E-state index in [1.807, 2.05) is 12.1 Å². The number of carbonyl (C=O) groups is 1. The van der Waals surface area contributed by atoms with Crippen LogP contribution in [0.2, 0.25) is 0 Å². The molecule has 3 rings (SSSR count). The molecule has 1 aromatic carbocycles. The second-order valence-electron chi connectivity index (χ2n) is 5.27.